The lowest BCUT2D eigenvalue weighted by Gasteiger charge is -2.31. The highest BCUT2D eigenvalue weighted by molar-refractivity contribution is 14.1. The minimum atomic E-state index is 0.299. The highest BCUT2D eigenvalue weighted by Gasteiger charge is 2.26. The molecule has 0 aliphatic carbocycles. The molecule has 0 saturated heterocycles. The molecule has 3 nitrogen and oxygen atoms in total. The van der Waals surface area contributed by atoms with Crippen LogP contribution in [-0.4, -0.2) is 14.6 Å². The van der Waals surface area contributed by atoms with Crippen LogP contribution in [0.15, 0.2) is 18.7 Å². The van der Waals surface area contributed by atoms with Gasteiger partial charge in [-0.05, 0) is 40.6 Å². The number of hydrogen-bond acceptors (Lipinski definition) is 3. The molecule has 1 aliphatic heterocycles. The van der Waals surface area contributed by atoms with Gasteiger partial charge < -0.3 is 0 Å². The number of hydrogen-bond donors (Lipinski definition) is 0. The van der Waals surface area contributed by atoms with E-state index in [0.29, 0.717) is 11.6 Å². The summed E-state index contributed by atoms with van der Waals surface area (Å²) >= 11 is 4.48. The molecule has 1 unspecified atom stereocenters. The Morgan fingerprint density at radius 2 is 2.47 bits per heavy atom. The van der Waals surface area contributed by atoms with Gasteiger partial charge >= 0.3 is 0 Å². The number of halogens is 2. The molecule has 17 heavy (non-hydrogen) atoms. The van der Waals surface area contributed by atoms with Crippen molar-refractivity contribution in [3.63, 3.8) is 0 Å². The summed E-state index contributed by atoms with van der Waals surface area (Å²) in [5.74, 6) is 0. The highest BCUT2D eigenvalue weighted by atomic mass is 127. The number of pyridine rings is 1. The van der Waals surface area contributed by atoms with Gasteiger partial charge in [0.05, 0.1) is 5.56 Å². The van der Waals surface area contributed by atoms with E-state index in [-0.39, 0.29) is 0 Å². The van der Waals surface area contributed by atoms with Gasteiger partial charge in [0.25, 0.3) is 0 Å². The molecule has 0 spiro atoms. The zero-order valence-corrected chi connectivity index (χ0v) is 13.5. The second-order valence-corrected chi connectivity index (χ2v) is 6.15. The normalized spacial score (nSPS) is 19.5. The first-order chi connectivity index (χ1) is 8.17. The molecule has 0 bridgehead atoms. The largest absolute Gasteiger partial charge is 0.245 e. The van der Waals surface area contributed by atoms with E-state index in [1.54, 1.807) is 0 Å². The Balaban J connectivity index is 2.51. The monoisotopic (exact) mass is 451 g/mol. The fraction of sp³-hybridized carbons (Fsp3) is 0.333. The minimum absolute atomic E-state index is 0.299. The molecule has 0 fully saturated rings. The molecule has 0 radical (unpaired) electrons. The molecular formula is C12H11I2N3. The third kappa shape index (κ3) is 2.63. The zero-order valence-electron chi connectivity index (χ0n) is 9.16. The Morgan fingerprint density at radius 1 is 1.71 bits per heavy atom. The molecule has 2 heterocycles. The fourth-order valence-corrected chi connectivity index (χ4v) is 3.36. The van der Waals surface area contributed by atoms with Crippen LogP contribution in [0.5, 0.6) is 0 Å². The summed E-state index contributed by atoms with van der Waals surface area (Å²) in [4.78, 5) is 4.55. The summed E-state index contributed by atoms with van der Waals surface area (Å²) in [6.45, 7) is 4.81. The first kappa shape index (κ1) is 13.2. The minimum Gasteiger partial charge on any atom is -0.245 e. The first-order valence-electron chi connectivity index (χ1n) is 5.30. The molecule has 0 amide bonds. The number of nitrogens with zero attached hydrogens (tertiary/aromatic N) is 3. The summed E-state index contributed by atoms with van der Waals surface area (Å²) in [6, 6.07) is 4.49. The van der Waals surface area contributed by atoms with E-state index in [9.17, 15) is 0 Å². The third-order valence-electron chi connectivity index (χ3n) is 2.86. The van der Waals surface area contributed by atoms with Crippen molar-refractivity contribution in [3.8, 4) is 6.07 Å². The Hall–Kier alpha value is -0.200. The van der Waals surface area contributed by atoms with Crippen LogP contribution in [0, 0.1) is 15.0 Å². The standard InChI is InChI=1S/C12H11I2N3/c1-2-3-11-9-6-8(7-15)12(13)16-10(9)4-5-17(11)14/h2,6,11H,1,3-5H2. The second kappa shape index (κ2) is 5.63. The van der Waals surface area contributed by atoms with Gasteiger partial charge in [0.1, 0.15) is 9.77 Å². The van der Waals surface area contributed by atoms with Gasteiger partial charge in [-0.15, -0.1) is 6.58 Å². The van der Waals surface area contributed by atoms with Crippen LogP contribution in [0.25, 0.3) is 0 Å². The van der Waals surface area contributed by atoms with Crippen LogP contribution in [-0.2, 0) is 6.42 Å². The maximum Gasteiger partial charge on any atom is 0.119 e. The predicted octanol–water partition coefficient (Wildman–Crippen LogP) is 3.38. The van der Waals surface area contributed by atoms with Crippen LogP contribution in [0.1, 0.15) is 29.3 Å². The van der Waals surface area contributed by atoms with Crippen LogP contribution >= 0.6 is 45.5 Å². The average Bonchev–Trinajstić information content (AvgIpc) is 2.32. The van der Waals surface area contributed by atoms with Gasteiger partial charge in [-0.2, -0.15) is 5.26 Å². The van der Waals surface area contributed by atoms with Crippen molar-refractivity contribution in [1.82, 2.24) is 8.10 Å². The predicted molar refractivity (Wildman–Crippen MR) is 83.7 cm³/mol. The van der Waals surface area contributed by atoms with Crippen molar-refractivity contribution in [1.29, 1.82) is 5.26 Å². The maximum absolute atomic E-state index is 9.07. The van der Waals surface area contributed by atoms with Gasteiger partial charge in [0.15, 0.2) is 0 Å². The third-order valence-corrected chi connectivity index (χ3v) is 4.84. The number of nitriles is 1. The fourth-order valence-electron chi connectivity index (χ4n) is 2.03. The Kier molecular flexibility index (Phi) is 4.38. The molecular weight excluding hydrogens is 440 g/mol. The van der Waals surface area contributed by atoms with Crippen LogP contribution in [0.4, 0.5) is 0 Å². The Morgan fingerprint density at radius 3 is 3.12 bits per heavy atom. The average molecular weight is 451 g/mol. The van der Waals surface area contributed by atoms with E-state index in [0.717, 1.165) is 28.8 Å². The summed E-state index contributed by atoms with van der Waals surface area (Å²) in [7, 11) is 0. The first-order valence-corrected chi connectivity index (χ1v) is 7.34. The van der Waals surface area contributed by atoms with Gasteiger partial charge in [-0.25, -0.2) is 8.10 Å². The molecule has 0 aromatic carbocycles. The molecule has 1 atom stereocenters. The lowest BCUT2D eigenvalue weighted by atomic mass is 9.95. The SMILES string of the molecule is C=CCC1c2cc(C#N)c(I)nc2CCN1I. The van der Waals surface area contributed by atoms with Gasteiger partial charge in [-0.3, -0.25) is 0 Å². The Bertz CT molecular complexity index is 493. The van der Waals surface area contributed by atoms with E-state index in [1.807, 2.05) is 12.1 Å². The molecule has 2 rings (SSSR count). The van der Waals surface area contributed by atoms with Crippen molar-refractivity contribution in [3.05, 3.63) is 39.2 Å². The van der Waals surface area contributed by atoms with Crippen molar-refractivity contribution in [2.75, 3.05) is 6.54 Å². The maximum atomic E-state index is 9.07. The van der Waals surface area contributed by atoms with Gasteiger partial charge in [0.2, 0.25) is 0 Å². The smallest absolute Gasteiger partial charge is 0.119 e. The van der Waals surface area contributed by atoms with E-state index in [2.05, 4.69) is 66.2 Å². The van der Waals surface area contributed by atoms with Crippen LogP contribution in [0.3, 0.4) is 0 Å². The van der Waals surface area contributed by atoms with Crippen molar-refractivity contribution in [2.24, 2.45) is 0 Å². The second-order valence-electron chi connectivity index (χ2n) is 3.89. The van der Waals surface area contributed by atoms with Crippen LogP contribution < -0.4 is 0 Å². The molecule has 0 saturated carbocycles. The summed E-state index contributed by atoms with van der Waals surface area (Å²) in [5.41, 5.74) is 2.99. The van der Waals surface area contributed by atoms with Gasteiger partial charge in [-0.1, -0.05) is 6.08 Å². The number of aromatic nitrogens is 1. The summed E-state index contributed by atoms with van der Waals surface area (Å²) in [5, 5.41) is 9.07. The zero-order chi connectivity index (χ0) is 12.4. The Labute approximate surface area is 129 Å². The molecule has 1 aromatic rings. The van der Waals surface area contributed by atoms with E-state index in [4.69, 9.17) is 5.26 Å². The molecule has 0 N–H and O–H groups in total. The summed E-state index contributed by atoms with van der Waals surface area (Å²) < 4.78 is 3.08. The highest BCUT2D eigenvalue weighted by Crippen LogP contribution is 2.35. The molecule has 5 heteroatoms. The van der Waals surface area contributed by atoms with E-state index in [1.165, 1.54) is 5.56 Å². The molecule has 1 aromatic heterocycles. The summed E-state index contributed by atoms with van der Waals surface area (Å²) in [6.07, 6.45) is 3.77. The van der Waals surface area contributed by atoms with Crippen LogP contribution in [0.2, 0.25) is 0 Å². The van der Waals surface area contributed by atoms with Crippen molar-refractivity contribution >= 4 is 45.5 Å². The lowest BCUT2D eigenvalue weighted by Crippen LogP contribution is -2.28. The van der Waals surface area contributed by atoms with Gasteiger partial charge in [0, 0.05) is 47.6 Å². The lowest BCUT2D eigenvalue weighted by molar-refractivity contribution is 0.367. The molecule has 1 aliphatic rings. The van der Waals surface area contributed by atoms with Crippen molar-refractivity contribution < 1.29 is 0 Å². The number of fused-ring (bicyclic) bond motifs is 1. The quantitative estimate of drug-likeness (QED) is 0.300. The topological polar surface area (TPSA) is 39.9 Å². The molecule has 88 valence electrons. The number of rotatable bonds is 2. The van der Waals surface area contributed by atoms with E-state index < -0.39 is 0 Å². The van der Waals surface area contributed by atoms with E-state index >= 15 is 0 Å². The van der Waals surface area contributed by atoms with Crippen molar-refractivity contribution in [2.45, 2.75) is 18.9 Å².